The second kappa shape index (κ2) is 10.9. The average Bonchev–Trinajstić information content (AvgIpc) is 2.51. The average molecular weight is 307 g/mol. The van der Waals surface area contributed by atoms with Crippen LogP contribution in [0.1, 0.15) is 24.5 Å². The Bertz CT molecular complexity index is 441. The zero-order chi connectivity index (χ0) is 16.2. The zero-order valence-electron chi connectivity index (χ0n) is 14.2. The van der Waals surface area contributed by atoms with Gasteiger partial charge >= 0.3 is 0 Å². The number of para-hydroxylation sites is 1. The standard InChI is InChI=1S/C17H29N3O2/c1-5-21-12-7-10-19-17(18-4)20-11-13-22-16-14(2)8-6-9-15(16)3/h6,8-9H,5,7,10-13H2,1-4H3,(H2,18,19,20). The maximum absolute atomic E-state index is 5.85. The smallest absolute Gasteiger partial charge is 0.191 e. The van der Waals surface area contributed by atoms with Gasteiger partial charge < -0.3 is 20.1 Å². The summed E-state index contributed by atoms with van der Waals surface area (Å²) in [6, 6.07) is 6.17. The van der Waals surface area contributed by atoms with Crippen molar-refractivity contribution in [3.63, 3.8) is 0 Å². The van der Waals surface area contributed by atoms with E-state index in [0.717, 1.165) is 37.9 Å². The van der Waals surface area contributed by atoms with Crippen LogP contribution < -0.4 is 15.4 Å². The van der Waals surface area contributed by atoms with Crippen molar-refractivity contribution in [2.75, 3.05) is 40.0 Å². The number of hydrogen-bond acceptors (Lipinski definition) is 3. The van der Waals surface area contributed by atoms with E-state index in [1.807, 2.05) is 13.0 Å². The van der Waals surface area contributed by atoms with E-state index in [4.69, 9.17) is 9.47 Å². The summed E-state index contributed by atoms with van der Waals surface area (Å²) in [6.45, 7) is 9.83. The normalized spacial score (nSPS) is 11.4. The molecule has 0 spiro atoms. The number of aliphatic imine (C=N–C) groups is 1. The topological polar surface area (TPSA) is 54.9 Å². The van der Waals surface area contributed by atoms with Crippen LogP contribution in [0.4, 0.5) is 0 Å². The minimum atomic E-state index is 0.603. The highest BCUT2D eigenvalue weighted by Crippen LogP contribution is 2.21. The summed E-state index contributed by atoms with van der Waals surface area (Å²) in [7, 11) is 1.77. The monoisotopic (exact) mass is 307 g/mol. The SMILES string of the molecule is CCOCCCNC(=NC)NCCOc1c(C)cccc1C. The van der Waals surface area contributed by atoms with Gasteiger partial charge in [0.15, 0.2) is 5.96 Å². The summed E-state index contributed by atoms with van der Waals surface area (Å²) in [5.41, 5.74) is 2.33. The van der Waals surface area contributed by atoms with Crippen molar-refractivity contribution in [1.29, 1.82) is 0 Å². The van der Waals surface area contributed by atoms with Gasteiger partial charge in [0.1, 0.15) is 12.4 Å². The summed E-state index contributed by atoms with van der Waals surface area (Å²) in [6.07, 6.45) is 0.966. The molecule has 0 unspecified atom stereocenters. The van der Waals surface area contributed by atoms with Crippen LogP contribution in [-0.4, -0.2) is 45.9 Å². The summed E-state index contributed by atoms with van der Waals surface area (Å²) >= 11 is 0. The van der Waals surface area contributed by atoms with Gasteiger partial charge in [-0.05, 0) is 38.3 Å². The molecule has 2 N–H and O–H groups in total. The van der Waals surface area contributed by atoms with E-state index in [9.17, 15) is 0 Å². The molecule has 124 valence electrons. The molecule has 0 saturated heterocycles. The van der Waals surface area contributed by atoms with Crippen molar-refractivity contribution in [1.82, 2.24) is 10.6 Å². The maximum atomic E-state index is 5.85. The van der Waals surface area contributed by atoms with Gasteiger partial charge in [-0.15, -0.1) is 0 Å². The fourth-order valence-electron chi connectivity index (χ4n) is 2.10. The van der Waals surface area contributed by atoms with E-state index in [1.54, 1.807) is 7.05 Å². The first-order chi connectivity index (χ1) is 10.7. The quantitative estimate of drug-likeness (QED) is 0.417. The lowest BCUT2D eigenvalue weighted by Crippen LogP contribution is -2.39. The van der Waals surface area contributed by atoms with Gasteiger partial charge in [0.2, 0.25) is 0 Å². The van der Waals surface area contributed by atoms with Gasteiger partial charge in [0.05, 0.1) is 6.54 Å². The molecule has 0 amide bonds. The minimum Gasteiger partial charge on any atom is -0.491 e. The Balaban J connectivity index is 2.22. The van der Waals surface area contributed by atoms with Crippen LogP contribution in [-0.2, 0) is 4.74 Å². The minimum absolute atomic E-state index is 0.603. The first-order valence-corrected chi connectivity index (χ1v) is 7.90. The highest BCUT2D eigenvalue weighted by molar-refractivity contribution is 5.79. The highest BCUT2D eigenvalue weighted by Gasteiger charge is 2.03. The molecule has 1 aromatic rings. The number of aryl methyl sites for hydroxylation is 2. The first kappa shape index (κ1) is 18.3. The first-order valence-electron chi connectivity index (χ1n) is 7.90. The zero-order valence-corrected chi connectivity index (χ0v) is 14.2. The Morgan fingerprint density at radius 1 is 1.09 bits per heavy atom. The van der Waals surface area contributed by atoms with Gasteiger partial charge in [-0.1, -0.05) is 18.2 Å². The summed E-state index contributed by atoms with van der Waals surface area (Å²) < 4.78 is 11.2. The Kier molecular flexibility index (Phi) is 9.07. The largest absolute Gasteiger partial charge is 0.491 e. The molecule has 5 nitrogen and oxygen atoms in total. The van der Waals surface area contributed by atoms with Crippen molar-refractivity contribution in [2.24, 2.45) is 4.99 Å². The van der Waals surface area contributed by atoms with Gasteiger partial charge in [-0.2, -0.15) is 0 Å². The predicted octanol–water partition coefficient (Wildman–Crippen LogP) is 2.27. The van der Waals surface area contributed by atoms with Crippen molar-refractivity contribution in [2.45, 2.75) is 27.2 Å². The van der Waals surface area contributed by atoms with E-state index >= 15 is 0 Å². The number of guanidine groups is 1. The van der Waals surface area contributed by atoms with Crippen LogP contribution in [0.5, 0.6) is 5.75 Å². The van der Waals surface area contributed by atoms with Crippen LogP contribution in [0.25, 0.3) is 0 Å². The Morgan fingerprint density at radius 3 is 2.41 bits per heavy atom. The van der Waals surface area contributed by atoms with Crippen molar-refractivity contribution >= 4 is 5.96 Å². The van der Waals surface area contributed by atoms with Crippen LogP contribution in [0.15, 0.2) is 23.2 Å². The fourth-order valence-corrected chi connectivity index (χ4v) is 2.10. The van der Waals surface area contributed by atoms with Crippen LogP contribution in [0, 0.1) is 13.8 Å². The molecule has 0 aliphatic rings. The van der Waals surface area contributed by atoms with E-state index in [-0.39, 0.29) is 0 Å². The Labute approximate surface area is 134 Å². The van der Waals surface area contributed by atoms with Crippen LogP contribution in [0.3, 0.4) is 0 Å². The van der Waals surface area contributed by atoms with E-state index < -0.39 is 0 Å². The van der Waals surface area contributed by atoms with Crippen LogP contribution >= 0.6 is 0 Å². The second-order valence-corrected chi connectivity index (χ2v) is 5.05. The molecule has 0 aliphatic heterocycles. The van der Waals surface area contributed by atoms with Crippen molar-refractivity contribution < 1.29 is 9.47 Å². The molecule has 5 heteroatoms. The fraction of sp³-hybridized carbons (Fsp3) is 0.588. The Morgan fingerprint density at radius 2 is 1.77 bits per heavy atom. The summed E-state index contributed by atoms with van der Waals surface area (Å²) in [5.74, 6) is 1.77. The molecule has 0 aromatic heterocycles. The van der Waals surface area contributed by atoms with Gasteiger partial charge in [-0.3, -0.25) is 4.99 Å². The molecule has 0 saturated carbocycles. The molecule has 0 heterocycles. The molecule has 0 fully saturated rings. The third-order valence-corrected chi connectivity index (χ3v) is 3.24. The number of rotatable bonds is 9. The summed E-state index contributed by atoms with van der Waals surface area (Å²) in [4.78, 5) is 4.18. The van der Waals surface area contributed by atoms with E-state index in [1.165, 1.54) is 11.1 Å². The highest BCUT2D eigenvalue weighted by atomic mass is 16.5. The number of hydrogen-bond donors (Lipinski definition) is 2. The Hall–Kier alpha value is -1.75. The molecule has 0 radical (unpaired) electrons. The third kappa shape index (κ3) is 6.80. The maximum Gasteiger partial charge on any atom is 0.191 e. The molecular weight excluding hydrogens is 278 g/mol. The molecule has 1 rings (SSSR count). The molecule has 22 heavy (non-hydrogen) atoms. The van der Waals surface area contributed by atoms with Gasteiger partial charge in [-0.25, -0.2) is 0 Å². The molecule has 0 aliphatic carbocycles. The number of nitrogens with one attached hydrogen (secondary N) is 2. The molecular formula is C17H29N3O2. The van der Waals surface area contributed by atoms with Crippen LogP contribution in [0.2, 0.25) is 0 Å². The lowest BCUT2D eigenvalue weighted by molar-refractivity contribution is 0.145. The van der Waals surface area contributed by atoms with Crippen molar-refractivity contribution in [3.05, 3.63) is 29.3 Å². The number of nitrogens with zero attached hydrogens (tertiary/aromatic N) is 1. The lowest BCUT2D eigenvalue weighted by Gasteiger charge is -2.14. The molecule has 0 bridgehead atoms. The summed E-state index contributed by atoms with van der Waals surface area (Å²) in [5, 5.41) is 6.50. The van der Waals surface area contributed by atoms with Gasteiger partial charge in [0.25, 0.3) is 0 Å². The van der Waals surface area contributed by atoms with E-state index in [0.29, 0.717) is 13.2 Å². The van der Waals surface area contributed by atoms with E-state index in [2.05, 4.69) is 41.6 Å². The number of ether oxygens (including phenoxy) is 2. The molecule has 1 aromatic carbocycles. The second-order valence-electron chi connectivity index (χ2n) is 5.05. The lowest BCUT2D eigenvalue weighted by atomic mass is 10.1. The van der Waals surface area contributed by atoms with Crippen molar-refractivity contribution in [3.8, 4) is 5.75 Å². The predicted molar refractivity (Wildman–Crippen MR) is 91.9 cm³/mol. The molecule has 0 atom stereocenters. The third-order valence-electron chi connectivity index (χ3n) is 3.24. The number of benzene rings is 1. The van der Waals surface area contributed by atoms with Gasteiger partial charge in [0, 0.05) is 26.8 Å².